The van der Waals surface area contributed by atoms with Crippen LogP contribution in [-0.2, 0) is 11.3 Å². The van der Waals surface area contributed by atoms with Gasteiger partial charge in [-0.25, -0.2) is 4.98 Å². The van der Waals surface area contributed by atoms with Gasteiger partial charge in [-0.05, 0) is 30.8 Å². The number of hydrogen-bond acceptors (Lipinski definition) is 10. The number of piperazine rings is 1. The van der Waals surface area contributed by atoms with Gasteiger partial charge in [0.1, 0.15) is 11.5 Å². The number of hydrogen-bond donors (Lipinski definition) is 0. The Balaban J connectivity index is 1.22. The van der Waals surface area contributed by atoms with Gasteiger partial charge in [0.25, 0.3) is 11.8 Å². The molecule has 0 amide bonds. The smallest absolute Gasteiger partial charge is 0.314 e. The highest BCUT2D eigenvalue weighted by Crippen LogP contribution is 2.23. The Bertz CT molecular complexity index is 1150. The number of hydrazone groups is 1. The van der Waals surface area contributed by atoms with Crippen molar-refractivity contribution in [2.45, 2.75) is 19.9 Å². The molecule has 12 heteroatoms. The van der Waals surface area contributed by atoms with E-state index in [1.807, 2.05) is 18.2 Å². The lowest BCUT2D eigenvalue weighted by molar-refractivity contribution is 0.116. The number of anilines is 1. The third-order valence-electron chi connectivity index (χ3n) is 5.72. The summed E-state index contributed by atoms with van der Waals surface area (Å²) in [5, 5.41) is 13.2. The zero-order chi connectivity index (χ0) is 23.5. The van der Waals surface area contributed by atoms with E-state index in [-0.39, 0.29) is 12.6 Å². The van der Waals surface area contributed by atoms with Crippen LogP contribution in [0.25, 0.3) is 11.5 Å². The molecule has 1 fully saturated rings. The minimum Gasteiger partial charge on any atom is -0.452 e. The molecule has 0 bridgehead atoms. The number of nitrogens with zero attached hydrogens (tertiary/aromatic N) is 8. The monoisotopic (exact) mass is 470 g/mol. The third-order valence-corrected chi connectivity index (χ3v) is 5.72. The molecule has 0 radical (unpaired) electrons. The van der Waals surface area contributed by atoms with Crippen molar-refractivity contribution in [2.75, 3.05) is 44.4 Å². The fourth-order valence-electron chi connectivity index (χ4n) is 3.81. The van der Waals surface area contributed by atoms with E-state index >= 15 is 0 Å². The Morgan fingerprint density at radius 2 is 1.91 bits per heavy atom. The summed E-state index contributed by atoms with van der Waals surface area (Å²) in [6, 6.07) is 9.31. The van der Waals surface area contributed by atoms with E-state index in [2.05, 4.69) is 37.0 Å². The van der Waals surface area contributed by atoms with Crippen LogP contribution in [0.1, 0.15) is 30.6 Å². The average molecular weight is 470 g/mol. The summed E-state index contributed by atoms with van der Waals surface area (Å²) < 4.78 is 36.0. The number of aromatic nitrogens is 4. The van der Waals surface area contributed by atoms with Crippen LogP contribution in [0.5, 0.6) is 0 Å². The standard InChI is InChI=1S/C22H24F2N8O2/c1-2-30-8-10-31(11-9-30)18-5-3-4-17(26-18)21-29-32(14-33-21)13-16-7-6-15(12-25-16)20-27-28-22(34-20)19(23)24/h3-7,12,19H,2,8-11,13-14H2,1H3. The molecule has 0 N–H and O–H groups in total. The molecule has 0 aliphatic carbocycles. The second-order valence-corrected chi connectivity index (χ2v) is 7.93. The van der Waals surface area contributed by atoms with Crippen molar-refractivity contribution < 1.29 is 17.9 Å². The van der Waals surface area contributed by atoms with Gasteiger partial charge in [-0.2, -0.15) is 8.78 Å². The predicted octanol–water partition coefficient (Wildman–Crippen LogP) is 2.76. The Morgan fingerprint density at radius 1 is 1.06 bits per heavy atom. The van der Waals surface area contributed by atoms with E-state index in [1.54, 1.807) is 17.1 Å². The maximum Gasteiger partial charge on any atom is 0.314 e. The number of alkyl halides is 2. The lowest BCUT2D eigenvalue weighted by Gasteiger charge is -2.34. The highest BCUT2D eigenvalue weighted by molar-refractivity contribution is 5.93. The van der Waals surface area contributed by atoms with Crippen molar-refractivity contribution >= 4 is 11.7 Å². The van der Waals surface area contributed by atoms with Gasteiger partial charge in [0.2, 0.25) is 5.89 Å². The maximum atomic E-state index is 12.6. The maximum absolute atomic E-state index is 12.6. The van der Waals surface area contributed by atoms with Gasteiger partial charge in [-0.1, -0.05) is 13.0 Å². The third kappa shape index (κ3) is 4.81. The van der Waals surface area contributed by atoms with Crippen LogP contribution in [-0.4, -0.2) is 75.4 Å². The molecule has 3 aromatic heterocycles. The molecule has 3 aromatic rings. The zero-order valence-electron chi connectivity index (χ0n) is 18.6. The topological polar surface area (TPSA) is 96.0 Å². The quantitative estimate of drug-likeness (QED) is 0.516. The summed E-state index contributed by atoms with van der Waals surface area (Å²) in [7, 11) is 0. The lowest BCUT2D eigenvalue weighted by atomic mass is 10.2. The van der Waals surface area contributed by atoms with Crippen molar-refractivity contribution in [2.24, 2.45) is 5.10 Å². The first kappa shape index (κ1) is 22.1. The Hall–Kier alpha value is -3.67. The van der Waals surface area contributed by atoms with Crippen LogP contribution in [0.15, 0.2) is 46.0 Å². The second-order valence-electron chi connectivity index (χ2n) is 7.93. The molecule has 2 aliphatic rings. The minimum absolute atomic E-state index is 0.00114. The van der Waals surface area contributed by atoms with Crippen LogP contribution >= 0.6 is 0 Å². The predicted molar refractivity (Wildman–Crippen MR) is 119 cm³/mol. The molecule has 34 heavy (non-hydrogen) atoms. The molecule has 0 aromatic carbocycles. The molecular weight excluding hydrogens is 446 g/mol. The minimum atomic E-state index is -2.81. The van der Waals surface area contributed by atoms with Crippen LogP contribution < -0.4 is 4.90 Å². The van der Waals surface area contributed by atoms with Crippen molar-refractivity contribution in [1.82, 2.24) is 30.1 Å². The summed E-state index contributed by atoms with van der Waals surface area (Å²) in [5.74, 6) is 0.680. The van der Waals surface area contributed by atoms with Gasteiger partial charge in [0, 0.05) is 32.4 Å². The van der Waals surface area contributed by atoms with Crippen LogP contribution in [0.3, 0.4) is 0 Å². The van der Waals surface area contributed by atoms with E-state index in [1.165, 1.54) is 6.20 Å². The molecule has 5 heterocycles. The molecule has 0 unspecified atom stereocenters. The molecule has 0 saturated carbocycles. The normalized spacial score (nSPS) is 16.8. The first-order valence-electron chi connectivity index (χ1n) is 11.1. The number of pyridine rings is 2. The number of likely N-dealkylation sites (N-methyl/N-ethyl adjacent to an activating group) is 1. The summed E-state index contributed by atoms with van der Waals surface area (Å²) in [6.45, 7) is 7.88. The van der Waals surface area contributed by atoms with E-state index in [4.69, 9.17) is 14.1 Å². The van der Waals surface area contributed by atoms with E-state index < -0.39 is 12.3 Å². The molecule has 0 atom stereocenters. The fourth-order valence-corrected chi connectivity index (χ4v) is 3.81. The number of rotatable bonds is 7. The van der Waals surface area contributed by atoms with E-state index in [0.29, 0.717) is 23.7 Å². The van der Waals surface area contributed by atoms with E-state index in [0.717, 1.165) is 44.2 Å². The van der Waals surface area contributed by atoms with Crippen LogP contribution in [0, 0.1) is 0 Å². The summed E-state index contributed by atoms with van der Waals surface area (Å²) in [4.78, 5) is 13.8. The zero-order valence-corrected chi connectivity index (χ0v) is 18.6. The number of halogens is 2. The Morgan fingerprint density at radius 3 is 2.62 bits per heavy atom. The SMILES string of the molecule is CCN1CCN(c2cccc(C3=NN(Cc4ccc(-c5nnc(C(F)F)o5)cn4)CO3)n2)CC1. The van der Waals surface area contributed by atoms with Gasteiger partial charge in [0.05, 0.1) is 17.8 Å². The first-order chi connectivity index (χ1) is 16.6. The van der Waals surface area contributed by atoms with Crippen molar-refractivity contribution in [3.63, 3.8) is 0 Å². The van der Waals surface area contributed by atoms with E-state index in [9.17, 15) is 8.78 Å². The first-order valence-corrected chi connectivity index (χ1v) is 11.1. The summed E-state index contributed by atoms with van der Waals surface area (Å²) in [5.41, 5.74) is 1.87. The van der Waals surface area contributed by atoms with Crippen LogP contribution in [0.2, 0.25) is 0 Å². The molecule has 1 saturated heterocycles. The van der Waals surface area contributed by atoms with Crippen molar-refractivity contribution in [3.05, 3.63) is 53.8 Å². The van der Waals surface area contributed by atoms with Gasteiger partial charge < -0.3 is 19.0 Å². The fraction of sp³-hybridized carbons (Fsp3) is 0.409. The van der Waals surface area contributed by atoms with Crippen LogP contribution in [0.4, 0.5) is 14.6 Å². The molecule has 2 aliphatic heterocycles. The summed E-state index contributed by atoms with van der Waals surface area (Å²) >= 11 is 0. The highest BCUT2D eigenvalue weighted by atomic mass is 19.3. The largest absolute Gasteiger partial charge is 0.452 e. The molecule has 178 valence electrons. The highest BCUT2D eigenvalue weighted by Gasteiger charge is 2.22. The molecule has 5 rings (SSSR count). The average Bonchev–Trinajstić information content (AvgIpc) is 3.55. The van der Waals surface area contributed by atoms with Crippen molar-refractivity contribution in [3.8, 4) is 11.5 Å². The van der Waals surface area contributed by atoms with Gasteiger partial charge in [-0.3, -0.25) is 9.99 Å². The van der Waals surface area contributed by atoms with Crippen molar-refractivity contribution in [1.29, 1.82) is 0 Å². The van der Waals surface area contributed by atoms with Gasteiger partial charge in [-0.15, -0.1) is 15.3 Å². The molecule has 10 nitrogen and oxygen atoms in total. The van der Waals surface area contributed by atoms with Gasteiger partial charge >= 0.3 is 6.43 Å². The lowest BCUT2D eigenvalue weighted by Crippen LogP contribution is -2.46. The Kier molecular flexibility index (Phi) is 6.30. The number of ether oxygens (including phenoxy) is 1. The molecular formula is C22H24F2N8O2. The molecule has 0 spiro atoms. The second kappa shape index (κ2) is 9.67. The van der Waals surface area contributed by atoms with Gasteiger partial charge in [0.15, 0.2) is 6.73 Å². The summed E-state index contributed by atoms with van der Waals surface area (Å²) in [6.07, 6.45) is -1.31. The Labute approximate surface area is 194 Å².